The van der Waals surface area contributed by atoms with Crippen LogP contribution in [0.25, 0.3) is 0 Å². The molecule has 3 N–H and O–H groups in total. The molecular formula is C13H18N2O4. The topological polar surface area (TPSA) is 87.7 Å². The minimum Gasteiger partial charge on any atom is -0.496 e. The number of carboxylic acid groups (broad SMARTS) is 1. The number of urea groups is 1. The molecule has 2 amide bonds. The highest BCUT2D eigenvalue weighted by Gasteiger charge is 2.17. The molecule has 6 nitrogen and oxygen atoms in total. The quantitative estimate of drug-likeness (QED) is 0.725. The predicted molar refractivity (Wildman–Crippen MR) is 70.1 cm³/mol. The number of para-hydroxylation sites is 1. The van der Waals surface area contributed by atoms with Gasteiger partial charge in [-0.2, -0.15) is 0 Å². The van der Waals surface area contributed by atoms with Crippen molar-refractivity contribution in [3.05, 3.63) is 29.8 Å². The average molecular weight is 266 g/mol. The third-order valence-electron chi connectivity index (χ3n) is 2.64. The number of methoxy groups -OCH3 is 1. The molecule has 1 aromatic rings. The number of hydrogen-bond donors (Lipinski definition) is 3. The molecule has 1 rings (SSSR count). The van der Waals surface area contributed by atoms with Crippen molar-refractivity contribution >= 4 is 12.0 Å². The number of aliphatic carboxylic acids is 1. The standard InChI is InChI=1S/C13H18N2O4/c1-3-10(12(16)17)15-13(18)14-8-9-6-4-5-7-11(9)19-2/h4-7,10H,3,8H2,1-2H3,(H,16,17)(H2,14,15,18)/t10-/m0/s1. The molecule has 0 aromatic heterocycles. The third-order valence-corrected chi connectivity index (χ3v) is 2.64. The van der Waals surface area contributed by atoms with Crippen LogP contribution in [-0.2, 0) is 11.3 Å². The summed E-state index contributed by atoms with van der Waals surface area (Å²) in [5.74, 6) is -0.372. The van der Waals surface area contributed by atoms with Gasteiger partial charge in [-0.05, 0) is 12.5 Å². The zero-order chi connectivity index (χ0) is 14.3. The van der Waals surface area contributed by atoms with Crippen molar-refractivity contribution in [3.63, 3.8) is 0 Å². The van der Waals surface area contributed by atoms with Gasteiger partial charge in [-0.3, -0.25) is 0 Å². The summed E-state index contributed by atoms with van der Waals surface area (Å²) in [5, 5.41) is 13.8. The molecule has 19 heavy (non-hydrogen) atoms. The van der Waals surface area contributed by atoms with Gasteiger partial charge in [-0.15, -0.1) is 0 Å². The largest absolute Gasteiger partial charge is 0.496 e. The molecule has 0 saturated carbocycles. The van der Waals surface area contributed by atoms with E-state index in [0.29, 0.717) is 12.2 Å². The second-order valence-electron chi connectivity index (χ2n) is 3.94. The van der Waals surface area contributed by atoms with Crippen LogP contribution in [0, 0.1) is 0 Å². The van der Waals surface area contributed by atoms with E-state index in [1.165, 1.54) is 0 Å². The van der Waals surface area contributed by atoms with E-state index in [1.54, 1.807) is 20.1 Å². The molecule has 0 aliphatic heterocycles. The molecule has 104 valence electrons. The van der Waals surface area contributed by atoms with Gasteiger partial charge >= 0.3 is 12.0 Å². The summed E-state index contributed by atoms with van der Waals surface area (Å²) in [4.78, 5) is 22.3. The monoisotopic (exact) mass is 266 g/mol. The molecule has 0 aliphatic carbocycles. The van der Waals surface area contributed by atoms with E-state index in [1.807, 2.05) is 18.2 Å². The maximum Gasteiger partial charge on any atom is 0.326 e. The van der Waals surface area contributed by atoms with Crippen LogP contribution in [0.1, 0.15) is 18.9 Å². The molecular weight excluding hydrogens is 248 g/mol. The van der Waals surface area contributed by atoms with Crippen molar-refractivity contribution in [2.75, 3.05) is 7.11 Å². The van der Waals surface area contributed by atoms with Gasteiger partial charge < -0.3 is 20.5 Å². The van der Waals surface area contributed by atoms with Gasteiger partial charge in [0.2, 0.25) is 0 Å². The fraction of sp³-hybridized carbons (Fsp3) is 0.385. The summed E-state index contributed by atoms with van der Waals surface area (Å²) in [7, 11) is 1.55. The maximum absolute atomic E-state index is 11.6. The molecule has 1 atom stereocenters. The highest BCUT2D eigenvalue weighted by Crippen LogP contribution is 2.16. The number of amides is 2. The van der Waals surface area contributed by atoms with E-state index in [4.69, 9.17) is 9.84 Å². The fourth-order valence-corrected chi connectivity index (χ4v) is 1.57. The summed E-state index contributed by atoms with van der Waals surface area (Å²) >= 11 is 0. The van der Waals surface area contributed by atoms with Crippen molar-refractivity contribution < 1.29 is 19.4 Å². The maximum atomic E-state index is 11.6. The van der Waals surface area contributed by atoms with Crippen LogP contribution in [0.15, 0.2) is 24.3 Å². The van der Waals surface area contributed by atoms with Crippen LogP contribution in [0.2, 0.25) is 0 Å². The van der Waals surface area contributed by atoms with E-state index < -0.39 is 18.0 Å². The summed E-state index contributed by atoms with van der Waals surface area (Å²) in [6, 6.07) is 5.90. The third kappa shape index (κ3) is 4.50. The van der Waals surface area contributed by atoms with Crippen molar-refractivity contribution in [1.29, 1.82) is 0 Å². The van der Waals surface area contributed by atoms with Gasteiger partial charge in [0, 0.05) is 12.1 Å². The summed E-state index contributed by atoms with van der Waals surface area (Å²) < 4.78 is 5.15. The minimum absolute atomic E-state index is 0.270. The van der Waals surface area contributed by atoms with Crippen molar-refractivity contribution in [3.8, 4) is 5.75 Å². The van der Waals surface area contributed by atoms with Gasteiger partial charge in [0.05, 0.1) is 7.11 Å². The van der Waals surface area contributed by atoms with Crippen LogP contribution in [0.5, 0.6) is 5.75 Å². The lowest BCUT2D eigenvalue weighted by molar-refractivity contribution is -0.139. The van der Waals surface area contributed by atoms with Crippen LogP contribution in [0.3, 0.4) is 0 Å². The van der Waals surface area contributed by atoms with Gasteiger partial charge in [0.15, 0.2) is 0 Å². The number of rotatable bonds is 6. The molecule has 0 fully saturated rings. The zero-order valence-electron chi connectivity index (χ0n) is 11.0. The summed E-state index contributed by atoms with van der Waals surface area (Å²) in [6.45, 7) is 1.96. The molecule has 0 saturated heterocycles. The lowest BCUT2D eigenvalue weighted by Gasteiger charge is -2.14. The van der Waals surface area contributed by atoms with Gasteiger partial charge in [0.1, 0.15) is 11.8 Å². The van der Waals surface area contributed by atoms with Crippen LogP contribution in [-0.4, -0.2) is 30.3 Å². The molecule has 0 unspecified atom stereocenters. The highest BCUT2D eigenvalue weighted by molar-refractivity contribution is 5.82. The Kier molecular flexibility index (Phi) is 5.66. The first kappa shape index (κ1) is 14.8. The number of carboxylic acids is 1. The normalized spacial score (nSPS) is 11.5. The van der Waals surface area contributed by atoms with E-state index in [0.717, 1.165) is 5.56 Å². The molecule has 0 spiro atoms. The molecule has 0 aliphatic rings. The second-order valence-corrected chi connectivity index (χ2v) is 3.94. The average Bonchev–Trinajstić information content (AvgIpc) is 2.42. The molecule has 0 bridgehead atoms. The van der Waals surface area contributed by atoms with E-state index >= 15 is 0 Å². The Bertz CT molecular complexity index is 448. The number of carbonyl (C=O) groups is 2. The molecule has 0 heterocycles. The summed E-state index contributed by atoms with van der Waals surface area (Å²) in [6.07, 6.45) is 0.331. The Morgan fingerprint density at radius 2 is 2.05 bits per heavy atom. The van der Waals surface area contributed by atoms with Gasteiger partial charge in [-0.1, -0.05) is 25.1 Å². The molecule has 6 heteroatoms. The zero-order valence-corrected chi connectivity index (χ0v) is 11.0. The minimum atomic E-state index is -1.05. The van der Waals surface area contributed by atoms with Crippen molar-refractivity contribution in [2.24, 2.45) is 0 Å². The SMILES string of the molecule is CC[C@H](NC(=O)NCc1ccccc1OC)C(=O)O. The first-order valence-corrected chi connectivity index (χ1v) is 5.97. The second kappa shape index (κ2) is 7.25. The van der Waals surface area contributed by atoms with Crippen LogP contribution < -0.4 is 15.4 Å². The first-order valence-electron chi connectivity index (χ1n) is 5.97. The number of carbonyl (C=O) groups excluding carboxylic acids is 1. The lowest BCUT2D eigenvalue weighted by Crippen LogP contribution is -2.45. The Morgan fingerprint density at radius 1 is 1.37 bits per heavy atom. The molecule has 1 aromatic carbocycles. The first-order chi connectivity index (χ1) is 9.08. The van der Waals surface area contributed by atoms with Crippen LogP contribution in [0.4, 0.5) is 4.79 Å². The van der Waals surface area contributed by atoms with Crippen molar-refractivity contribution in [2.45, 2.75) is 25.9 Å². The van der Waals surface area contributed by atoms with Crippen molar-refractivity contribution in [1.82, 2.24) is 10.6 Å². The molecule has 0 radical (unpaired) electrons. The fourth-order valence-electron chi connectivity index (χ4n) is 1.57. The van der Waals surface area contributed by atoms with Gasteiger partial charge in [-0.25, -0.2) is 9.59 Å². The predicted octanol–water partition coefficient (Wildman–Crippen LogP) is 1.36. The highest BCUT2D eigenvalue weighted by atomic mass is 16.5. The lowest BCUT2D eigenvalue weighted by atomic mass is 10.2. The van der Waals surface area contributed by atoms with E-state index in [2.05, 4.69) is 10.6 Å². The Labute approximate surface area is 111 Å². The number of nitrogens with one attached hydrogen (secondary N) is 2. The van der Waals surface area contributed by atoms with E-state index in [-0.39, 0.29) is 6.54 Å². The number of hydrogen-bond acceptors (Lipinski definition) is 3. The Morgan fingerprint density at radius 3 is 2.63 bits per heavy atom. The van der Waals surface area contributed by atoms with Crippen LogP contribution >= 0.6 is 0 Å². The van der Waals surface area contributed by atoms with Gasteiger partial charge in [0.25, 0.3) is 0 Å². The van der Waals surface area contributed by atoms with E-state index in [9.17, 15) is 9.59 Å². The number of benzene rings is 1. The number of ether oxygens (including phenoxy) is 1. The Hall–Kier alpha value is -2.24. The Balaban J connectivity index is 2.52. The summed E-state index contributed by atoms with van der Waals surface area (Å²) in [5.41, 5.74) is 0.823. The smallest absolute Gasteiger partial charge is 0.326 e.